The standard InChI is InChI=1S/C16H23NO2/c1-3-11-19-16-8-6-5-7-15(16)13-17-12-14(4-2)9-10-18/h1,5-8,14,17-18H,4,9-13H2,2H3. The first kappa shape index (κ1) is 15.6. The predicted octanol–water partition coefficient (Wildman–Crippen LogP) is 2.20. The number of rotatable bonds is 9. The highest BCUT2D eigenvalue weighted by atomic mass is 16.5. The van der Waals surface area contributed by atoms with E-state index in [1.807, 2.05) is 24.3 Å². The zero-order valence-corrected chi connectivity index (χ0v) is 11.6. The van der Waals surface area contributed by atoms with E-state index in [0.717, 1.165) is 37.2 Å². The summed E-state index contributed by atoms with van der Waals surface area (Å²) in [6.07, 6.45) is 7.12. The summed E-state index contributed by atoms with van der Waals surface area (Å²) in [5.41, 5.74) is 1.11. The molecule has 3 nitrogen and oxygen atoms in total. The molecule has 0 spiro atoms. The Balaban J connectivity index is 2.46. The van der Waals surface area contributed by atoms with Crippen LogP contribution in [0.25, 0.3) is 0 Å². The molecule has 0 aliphatic heterocycles. The Bertz CT molecular complexity index is 398. The first-order chi connectivity index (χ1) is 9.31. The number of terminal acetylenes is 1. The molecular formula is C16H23NO2. The molecule has 0 radical (unpaired) electrons. The van der Waals surface area contributed by atoms with E-state index < -0.39 is 0 Å². The molecule has 19 heavy (non-hydrogen) atoms. The summed E-state index contributed by atoms with van der Waals surface area (Å²) in [7, 11) is 0. The minimum atomic E-state index is 0.252. The molecule has 3 heteroatoms. The van der Waals surface area contributed by atoms with Gasteiger partial charge in [0.15, 0.2) is 0 Å². The van der Waals surface area contributed by atoms with Crippen LogP contribution in [0.15, 0.2) is 24.3 Å². The zero-order valence-electron chi connectivity index (χ0n) is 11.6. The van der Waals surface area contributed by atoms with Crippen LogP contribution in [0, 0.1) is 18.3 Å². The molecule has 0 saturated carbocycles. The smallest absolute Gasteiger partial charge is 0.148 e. The predicted molar refractivity (Wildman–Crippen MR) is 78.0 cm³/mol. The summed E-state index contributed by atoms with van der Waals surface area (Å²) in [5.74, 6) is 3.83. The summed E-state index contributed by atoms with van der Waals surface area (Å²) < 4.78 is 5.50. The highest BCUT2D eigenvalue weighted by Gasteiger charge is 2.06. The molecule has 1 unspecified atom stereocenters. The molecule has 2 N–H and O–H groups in total. The van der Waals surface area contributed by atoms with Crippen molar-refractivity contribution in [1.29, 1.82) is 0 Å². The first-order valence-electron chi connectivity index (χ1n) is 6.77. The molecular weight excluding hydrogens is 238 g/mol. The van der Waals surface area contributed by atoms with Crippen LogP contribution in [0.5, 0.6) is 5.75 Å². The Morgan fingerprint density at radius 2 is 2.21 bits per heavy atom. The molecule has 0 aliphatic carbocycles. The Morgan fingerprint density at radius 1 is 1.42 bits per heavy atom. The fourth-order valence-corrected chi connectivity index (χ4v) is 1.95. The van der Waals surface area contributed by atoms with Crippen molar-refractivity contribution in [2.45, 2.75) is 26.3 Å². The fraction of sp³-hybridized carbons (Fsp3) is 0.500. The largest absolute Gasteiger partial charge is 0.481 e. The zero-order chi connectivity index (χ0) is 13.9. The summed E-state index contributed by atoms with van der Waals surface area (Å²) in [5, 5.41) is 12.4. The van der Waals surface area contributed by atoms with Crippen molar-refractivity contribution in [1.82, 2.24) is 5.32 Å². The molecule has 104 valence electrons. The summed E-state index contributed by atoms with van der Waals surface area (Å²) >= 11 is 0. The van der Waals surface area contributed by atoms with Crippen LogP contribution < -0.4 is 10.1 Å². The van der Waals surface area contributed by atoms with E-state index >= 15 is 0 Å². The Morgan fingerprint density at radius 3 is 2.89 bits per heavy atom. The maximum absolute atomic E-state index is 8.96. The third-order valence-electron chi connectivity index (χ3n) is 3.15. The second-order valence-corrected chi connectivity index (χ2v) is 4.52. The van der Waals surface area contributed by atoms with Crippen molar-refractivity contribution in [2.75, 3.05) is 19.8 Å². The monoisotopic (exact) mass is 261 g/mol. The number of hydrogen-bond donors (Lipinski definition) is 2. The molecule has 0 bridgehead atoms. The molecule has 0 amide bonds. The Labute approximate surface area is 116 Å². The van der Waals surface area contributed by atoms with Crippen LogP contribution in [0.3, 0.4) is 0 Å². The first-order valence-corrected chi connectivity index (χ1v) is 6.77. The maximum atomic E-state index is 8.96. The average molecular weight is 261 g/mol. The van der Waals surface area contributed by atoms with Crippen LogP contribution in [-0.4, -0.2) is 24.9 Å². The molecule has 1 atom stereocenters. The number of aliphatic hydroxyl groups is 1. The van der Waals surface area contributed by atoms with E-state index in [1.165, 1.54) is 0 Å². The second kappa shape index (κ2) is 9.43. The van der Waals surface area contributed by atoms with Gasteiger partial charge in [0, 0.05) is 18.7 Å². The lowest BCUT2D eigenvalue weighted by Gasteiger charge is -2.15. The van der Waals surface area contributed by atoms with E-state index in [1.54, 1.807) is 0 Å². The van der Waals surface area contributed by atoms with Gasteiger partial charge in [-0.05, 0) is 24.9 Å². The van der Waals surface area contributed by atoms with E-state index in [-0.39, 0.29) is 6.61 Å². The number of hydrogen-bond acceptors (Lipinski definition) is 3. The van der Waals surface area contributed by atoms with Crippen molar-refractivity contribution in [2.24, 2.45) is 5.92 Å². The van der Waals surface area contributed by atoms with Crippen molar-refractivity contribution >= 4 is 0 Å². The van der Waals surface area contributed by atoms with Crippen LogP contribution in [0.1, 0.15) is 25.3 Å². The van der Waals surface area contributed by atoms with Crippen LogP contribution >= 0.6 is 0 Å². The Kier molecular flexibility index (Phi) is 7.72. The van der Waals surface area contributed by atoms with Gasteiger partial charge in [-0.15, -0.1) is 6.42 Å². The number of ether oxygens (including phenoxy) is 1. The molecule has 1 aromatic rings. The third-order valence-corrected chi connectivity index (χ3v) is 3.15. The van der Waals surface area contributed by atoms with Gasteiger partial charge in [-0.3, -0.25) is 0 Å². The van der Waals surface area contributed by atoms with Crippen molar-refractivity contribution in [3.63, 3.8) is 0 Å². The molecule has 0 fully saturated rings. The van der Waals surface area contributed by atoms with Crippen molar-refractivity contribution < 1.29 is 9.84 Å². The summed E-state index contributed by atoms with van der Waals surface area (Å²) in [6.45, 7) is 4.34. The molecule has 0 aliphatic rings. The number of benzene rings is 1. The molecule has 0 saturated heterocycles. The molecule has 1 rings (SSSR count). The van der Waals surface area contributed by atoms with Gasteiger partial charge in [-0.1, -0.05) is 37.5 Å². The highest BCUT2D eigenvalue weighted by molar-refractivity contribution is 5.33. The van der Waals surface area contributed by atoms with Gasteiger partial charge < -0.3 is 15.2 Å². The summed E-state index contributed by atoms with van der Waals surface area (Å²) in [6, 6.07) is 7.89. The van der Waals surface area contributed by atoms with E-state index in [9.17, 15) is 0 Å². The third kappa shape index (κ3) is 5.78. The lowest BCUT2D eigenvalue weighted by molar-refractivity contribution is 0.251. The quantitative estimate of drug-likeness (QED) is 0.670. The topological polar surface area (TPSA) is 41.5 Å². The van der Waals surface area contributed by atoms with E-state index in [0.29, 0.717) is 12.5 Å². The van der Waals surface area contributed by atoms with Gasteiger partial charge in [0.2, 0.25) is 0 Å². The van der Waals surface area contributed by atoms with E-state index in [4.69, 9.17) is 16.3 Å². The van der Waals surface area contributed by atoms with Crippen molar-refractivity contribution in [3.8, 4) is 18.1 Å². The van der Waals surface area contributed by atoms with Crippen molar-refractivity contribution in [3.05, 3.63) is 29.8 Å². The highest BCUT2D eigenvalue weighted by Crippen LogP contribution is 2.17. The van der Waals surface area contributed by atoms with Gasteiger partial charge in [0.25, 0.3) is 0 Å². The van der Waals surface area contributed by atoms with Gasteiger partial charge in [-0.2, -0.15) is 0 Å². The molecule has 1 aromatic carbocycles. The van der Waals surface area contributed by atoms with Gasteiger partial charge in [-0.25, -0.2) is 0 Å². The minimum Gasteiger partial charge on any atom is -0.481 e. The number of nitrogens with one attached hydrogen (secondary N) is 1. The fourth-order valence-electron chi connectivity index (χ4n) is 1.95. The molecule has 0 aromatic heterocycles. The lowest BCUT2D eigenvalue weighted by atomic mass is 10.0. The normalized spacial score (nSPS) is 11.8. The SMILES string of the molecule is C#CCOc1ccccc1CNCC(CC)CCO. The van der Waals surface area contributed by atoms with Crippen LogP contribution in [-0.2, 0) is 6.54 Å². The second-order valence-electron chi connectivity index (χ2n) is 4.52. The van der Waals surface area contributed by atoms with Gasteiger partial charge in [0.05, 0.1) is 0 Å². The van der Waals surface area contributed by atoms with Crippen LogP contribution in [0.4, 0.5) is 0 Å². The molecule has 0 heterocycles. The number of para-hydroxylation sites is 1. The van der Waals surface area contributed by atoms with Crippen LogP contribution in [0.2, 0.25) is 0 Å². The maximum Gasteiger partial charge on any atom is 0.148 e. The van der Waals surface area contributed by atoms with Gasteiger partial charge in [0.1, 0.15) is 12.4 Å². The minimum absolute atomic E-state index is 0.252. The van der Waals surface area contributed by atoms with E-state index in [2.05, 4.69) is 18.2 Å². The lowest BCUT2D eigenvalue weighted by Crippen LogP contribution is -2.23. The van der Waals surface area contributed by atoms with Gasteiger partial charge >= 0.3 is 0 Å². The number of aliphatic hydroxyl groups excluding tert-OH is 1. The summed E-state index contributed by atoms with van der Waals surface area (Å²) in [4.78, 5) is 0. The Hall–Kier alpha value is -1.50. The average Bonchev–Trinajstić information content (AvgIpc) is 2.45.